The first-order chi connectivity index (χ1) is 10.3. The topological polar surface area (TPSA) is 60.7 Å². The lowest BCUT2D eigenvalue weighted by Crippen LogP contribution is -2.28. The van der Waals surface area contributed by atoms with Crippen LogP contribution in [0.2, 0.25) is 0 Å². The molecule has 1 amide bonds. The van der Waals surface area contributed by atoms with E-state index in [1.165, 1.54) is 0 Å². The van der Waals surface area contributed by atoms with Crippen LogP contribution in [0.15, 0.2) is 47.1 Å². The number of ether oxygens (including phenoxy) is 2. The Kier molecular flexibility index (Phi) is 5.70. The van der Waals surface area contributed by atoms with E-state index in [-0.39, 0.29) is 5.91 Å². The minimum atomic E-state index is -0.0185. The average Bonchev–Trinajstić information content (AvgIpc) is 3.03. The first kappa shape index (κ1) is 15.0. The molecule has 0 fully saturated rings. The zero-order valence-corrected chi connectivity index (χ0v) is 12.0. The molecule has 5 nitrogen and oxygen atoms in total. The molecule has 1 aromatic carbocycles. The SMILES string of the molecule is COc1ccccc1OCCNC(=O)CCc1ccco1. The van der Waals surface area contributed by atoms with Gasteiger partial charge in [0.15, 0.2) is 11.5 Å². The van der Waals surface area contributed by atoms with E-state index in [0.717, 1.165) is 5.76 Å². The summed E-state index contributed by atoms with van der Waals surface area (Å²) in [6.07, 6.45) is 2.61. The molecule has 0 saturated heterocycles. The number of hydrogen-bond donors (Lipinski definition) is 1. The van der Waals surface area contributed by atoms with E-state index in [9.17, 15) is 4.79 Å². The molecule has 0 atom stereocenters. The summed E-state index contributed by atoms with van der Waals surface area (Å²) in [5, 5.41) is 2.81. The lowest BCUT2D eigenvalue weighted by Gasteiger charge is -2.10. The fraction of sp³-hybridized carbons (Fsp3) is 0.312. The highest BCUT2D eigenvalue weighted by atomic mass is 16.5. The molecule has 0 unspecified atom stereocenters. The van der Waals surface area contributed by atoms with Crippen molar-refractivity contribution < 1.29 is 18.7 Å². The molecule has 0 aliphatic carbocycles. The van der Waals surface area contributed by atoms with Crippen LogP contribution in [0.25, 0.3) is 0 Å². The second-order valence-corrected chi connectivity index (χ2v) is 4.43. The maximum atomic E-state index is 11.6. The summed E-state index contributed by atoms with van der Waals surface area (Å²) in [7, 11) is 1.60. The maximum Gasteiger partial charge on any atom is 0.220 e. The van der Waals surface area contributed by atoms with Gasteiger partial charge in [-0.15, -0.1) is 0 Å². The van der Waals surface area contributed by atoms with E-state index in [1.54, 1.807) is 13.4 Å². The summed E-state index contributed by atoms with van der Waals surface area (Å²) in [5.74, 6) is 2.15. The second kappa shape index (κ2) is 7.99. The van der Waals surface area contributed by atoms with Crippen LogP contribution >= 0.6 is 0 Å². The molecule has 5 heteroatoms. The van der Waals surface area contributed by atoms with E-state index in [4.69, 9.17) is 13.9 Å². The number of carbonyl (C=O) groups is 1. The lowest BCUT2D eigenvalue weighted by molar-refractivity contribution is -0.121. The van der Waals surface area contributed by atoms with Gasteiger partial charge in [-0.1, -0.05) is 12.1 Å². The van der Waals surface area contributed by atoms with Crippen molar-refractivity contribution in [3.63, 3.8) is 0 Å². The second-order valence-electron chi connectivity index (χ2n) is 4.43. The third kappa shape index (κ3) is 4.87. The van der Waals surface area contributed by atoms with Crippen molar-refractivity contribution in [1.29, 1.82) is 0 Å². The van der Waals surface area contributed by atoms with Crippen LogP contribution in [0.1, 0.15) is 12.2 Å². The Balaban J connectivity index is 1.64. The van der Waals surface area contributed by atoms with Crippen LogP contribution in [0.4, 0.5) is 0 Å². The molecule has 1 aromatic heterocycles. The summed E-state index contributed by atoms with van der Waals surface area (Å²) < 4.78 is 15.9. The van der Waals surface area contributed by atoms with Gasteiger partial charge in [-0.3, -0.25) is 4.79 Å². The number of amides is 1. The Bertz CT molecular complexity index is 551. The number of rotatable bonds is 8. The van der Waals surface area contributed by atoms with Crippen LogP contribution in [0, 0.1) is 0 Å². The van der Waals surface area contributed by atoms with Gasteiger partial charge in [0.2, 0.25) is 5.91 Å². The minimum absolute atomic E-state index is 0.0185. The van der Waals surface area contributed by atoms with E-state index in [1.807, 2.05) is 36.4 Å². The summed E-state index contributed by atoms with van der Waals surface area (Å²) in [6.45, 7) is 0.849. The Labute approximate surface area is 123 Å². The highest BCUT2D eigenvalue weighted by molar-refractivity contribution is 5.76. The zero-order valence-electron chi connectivity index (χ0n) is 12.0. The van der Waals surface area contributed by atoms with Gasteiger partial charge in [0.05, 0.1) is 19.9 Å². The van der Waals surface area contributed by atoms with Crippen molar-refractivity contribution in [2.75, 3.05) is 20.3 Å². The van der Waals surface area contributed by atoms with Gasteiger partial charge < -0.3 is 19.2 Å². The van der Waals surface area contributed by atoms with E-state index in [2.05, 4.69) is 5.32 Å². The van der Waals surface area contributed by atoms with E-state index < -0.39 is 0 Å². The summed E-state index contributed by atoms with van der Waals surface area (Å²) >= 11 is 0. The van der Waals surface area contributed by atoms with Crippen molar-refractivity contribution in [1.82, 2.24) is 5.32 Å². The lowest BCUT2D eigenvalue weighted by atomic mass is 10.2. The first-order valence-corrected chi connectivity index (χ1v) is 6.84. The molecule has 1 N–H and O–H groups in total. The molecule has 0 aliphatic heterocycles. The van der Waals surface area contributed by atoms with Gasteiger partial charge in [-0.05, 0) is 24.3 Å². The standard InChI is InChI=1S/C16H19NO4/c1-19-14-6-2-3-7-15(14)21-12-10-17-16(18)9-8-13-5-4-11-20-13/h2-7,11H,8-10,12H2,1H3,(H,17,18). The number of aryl methyl sites for hydroxylation is 1. The molecular formula is C16H19NO4. The van der Waals surface area contributed by atoms with E-state index in [0.29, 0.717) is 37.5 Å². The van der Waals surface area contributed by atoms with Crippen molar-refractivity contribution in [3.8, 4) is 11.5 Å². The normalized spacial score (nSPS) is 10.1. The van der Waals surface area contributed by atoms with Crippen LogP contribution < -0.4 is 14.8 Å². The number of nitrogens with one attached hydrogen (secondary N) is 1. The van der Waals surface area contributed by atoms with Crippen molar-refractivity contribution in [3.05, 3.63) is 48.4 Å². The summed E-state index contributed by atoms with van der Waals surface area (Å²) in [5.41, 5.74) is 0. The van der Waals surface area contributed by atoms with E-state index >= 15 is 0 Å². The minimum Gasteiger partial charge on any atom is -0.493 e. The van der Waals surface area contributed by atoms with Crippen LogP contribution in [-0.2, 0) is 11.2 Å². The summed E-state index contributed by atoms with van der Waals surface area (Å²) in [4.78, 5) is 11.6. The predicted molar refractivity (Wildman–Crippen MR) is 78.5 cm³/mol. The Morgan fingerprint density at radius 3 is 2.71 bits per heavy atom. The van der Waals surface area contributed by atoms with Gasteiger partial charge in [0.1, 0.15) is 12.4 Å². The Morgan fingerprint density at radius 1 is 1.19 bits per heavy atom. The molecule has 2 aromatic rings. The fourth-order valence-corrected chi connectivity index (χ4v) is 1.87. The molecule has 0 spiro atoms. The summed E-state index contributed by atoms with van der Waals surface area (Å²) in [6, 6.07) is 11.1. The van der Waals surface area contributed by atoms with Crippen LogP contribution in [0.3, 0.4) is 0 Å². The van der Waals surface area contributed by atoms with Gasteiger partial charge in [0.25, 0.3) is 0 Å². The number of methoxy groups -OCH3 is 1. The highest BCUT2D eigenvalue weighted by Crippen LogP contribution is 2.25. The van der Waals surface area contributed by atoms with Gasteiger partial charge >= 0.3 is 0 Å². The first-order valence-electron chi connectivity index (χ1n) is 6.84. The van der Waals surface area contributed by atoms with Gasteiger partial charge in [-0.25, -0.2) is 0 Å². The molecular weight excluding hydrogens is 270 g/mol. The third-order valence-corrected chi connectivity index (χ3v) is 2.93. The highest BCUT2D eigenvalue weighted by Gasteiger charge is 2.05. The molecule has 0 bridgehead atoms. The third-order valence-electron chi connectivity index (χ3n) is 2.93. The monoisotopic (exact) mass is 289 g/mol. The Hall–Kier alpha value is -2.43. The molecule has 0 aliphatic rings. The average molecular weight is 289 g/mol. The van der Waals surface area contributed by atoms with Crippen molar-refractivity contribution in [2.45, 2.75) is 12.8 Å². The predicted octanol–water partition coefficient (Wildman–Crippen LogP) is 2.42. The number of furan rings is 1. The van der Waals surface area contributed by atoms with Crippen molar-refractivity contribution in [2.24, 2.45) is 0 Å². The van der Waals surface area contributed by atoms with Crippen LogP contribution in [0.5, 0.6) is 11.5 Å². The van der Waals surface area contributed by atoms with Gasteiger partial charge in [0, 0.05) is 12.8 Å². The molecule has 0 radical (unpaired) electrons. The van der Waals surface area contributed by atoms with Crippen molar-refractivity contribution >= 4 is 5.91 Å². The largest absolute Gasteiger partial charge is 0.493 e. The number of carbonyl (C=O) groups excluding carboxylic acids is 1. The fourth-order valence-electron chi connectivity index (χ4n) is 1.87. The van der Waals surface area contributed by atoms with Gasteiger partial charge in [-0.2, -0.15) is 0 Å². The Morgan fingerprint density at radius 2 is 2.00 bits per heavy atom. The molecule has 2 rings (SSSR count). The van der Waals surface area contributed by atoms with Crippen LogP contribution in [-0.4, -0.2) is 26.2 Å². The molecule has 112 valence electrons. The number of hydrogen-bond acceptors (Lipinski definition) is 4. The quantitative estimate of drug-likeness (QED) is 0.758. The number of benzene rings is 1. The smallest absolute Gasteiger partial charge is 0.220 e. The molecule has 1 heterocycles. The molecule has 21 heavy (non-hydrogen) atoms. The molecule has 0 saturated carbocycles. The number of para-hydroxylation sites is 2. The zero-order chi connectivity index (χ0) is 14.9. The maximum absolute atomic E-state index is 11.6.